The SMILES string of the molecule is O=C(Nc1ccc(S(=O)(=O)NCCC2=CCCCC2)cc1F)c1cccc(Cl)c1. The summed E-state index contributed by atoms with van der Waals surface area (Å²) in [7, 11) is -3.83. The van der Waals surface area contributed by atoms with Gasteiger partial charge in [-0.15, -0.1) is 0 Å². The summed E-state index contributed by atoms with van der Waals surface area (Å²) in [6.07, 6.45) is 7.15. The van der Waals surface area contributed by atoms with E-state index in [1.807, 2.05) is 0 Å². The van der Waals surface area contributed by atoms with Gasteiger partial charge in [-0.3, -0.25) is 4.79 Å². The number of nitrogens with one attached hydrogen (secondary N) is 2. The minimum atomic E-state index is -3.83. The Bertz CT molecular complexity index is 1040. The Labute approximate surface area is 175 Å². The quantitative estimate of drug-likeness (QED) is 0.606. The molecule has 2 aromatic carbocycles. The molecular formula is C21H22ClFN2O3S. The van der Waals surface area contributed by atoms with E-state index in [9.17, 15) is 17.6 Å². The number of benzene rings is 2. The molecule has 0 spiro atoms. The molecule has 0 heterocycles. The smallest absolute Gasteiger partial charge is 0.255 e. The van der Waals surface area contributed by atoms with Gasteiger partial charge in [0.15, 0.2) is 0 Å². The Morgan fingerprint density at radius 2 is 1.97 bits per heavy atom. The Hall–Kier alpha value is -2.22. The molecule has 0 radical (unpaired) electrons. The highest BCUT2D eigenvalue weighted by atomic mass is 35.5. The molecule has 0 unspecified atom stereocenters. The van der Waals surface area contributed by atoms with Gasteiger partial charge in [0, 0.05) is 17.1 Å². The molecule has 2 N–H and O–H groups in total. The first-order chi connectivity index (χ1) is 13.8. The van der Waals surface area contributed by atoms with Crippen molar-refractivity contribution in [2.24, 2.45) is 0 Å². The zero-order valence-corrected chi connectivity index (χ0v) is 17.3. The van der Waals surface area contributed by atoms with Crippen LogP contribution in [-0.2, 0) is 10.0 Å². The maximum absolute atomic E-state index is 14.4. The average Bonchev–Trinajstić information content (AvgIpc) is 2.70. The van der Waals surface area contributed by atoms with Crippen LogP contribution in [0.15, 0.2) is 59.0 Å². The van der Waals surface area contributed by atoms with E-state index in [1.165, 1.54) is 30.2 Å². The molecule has 3 rings (SSSR count). The number of amides is 1. The maximum atomic E-state index is 14.4. The number of carbonyl (C=O) groups is 1. The lowest BCUT2D eigenvalue weighted by Crippen LogP contribution is -2.25. The topological polar surface area (TPSA) is 75.3 Å². The van der Waals surface area contributed by atoms with Crippen molar-refractivity contribution in [3.63, 3.8) is 0 Å². The van der Waals surface area contributed by atoms with E-state index in [0.29, 0.717) is 11.4 Å². The third-order valence-electron chi connectivity index (χ3n) is 4.71. The summed E-state index contributed by atoms with van der Waals surface area (Å²) in [6.45, 7) is 0.267. The molecule has 0 fully saturated rings. The van der Waals surface area contributed by atoms with Crippen LogP contribution in [0, 0.1) is 5.82 Å². The van der Waals surface area contributed by atoms with Crippen LogP contribution in [0.25, 0.3) is 0 Å². The van der Waals surface area contributed by atoms with Crippen LogP contribution in [0.3, 0.4) is 0 Å². The molecule has 2 aromatic rings. The van der Waals surface area contributed by atoms with Crippen LogP contribution in [0.4, 0.5) is 10.1 Å². The molecule has 5 nitrogen and oxygen atoms in total. The minimum Gasteiger partial charge on any atom is -0.319 e. The molecule has 1 aliphatic carbocycles. The van der Waals surface area contributed by atoms with Crippen molar-refractivity contribution < 1.29 is 17.6 Å². The zero-order valence-electron chi connectivity index (χ0n) is 15.8. The van der Waals surface area contributed by atoms with Crippen LogP contribution in [0.1, 0.15) is 42.5 Å². The summed E-state index contributed by atoms with van der Waals surface area (Å²) < 4.78 is 41.8. The predicted molar refractivity (Wildman–Crippen MR) is 112 cm³/mol. The molecule has 0 atom stereocenters. The van der Waals surface area contributed by atoms with E-state index >= 15 is 0 Å². The monoisotopic (exact) mass is 436 g/mol. The molecule has 1 amide bonds. The predicted octanol–water partition coefficient (Wildman–Crippen LogP) is 4.90. The molecule has 0 aliphatic heterocycles. The van der Waals surface area contributed by atoms with Crippen molar-refractivity contribution in [3.8, 4) is 0 Å². The molecule has 0 aromatic heterocycles. The first kappa shape index (κ1) is 21.5. The zero-order chi connectivity index (χ0) is 20.9. The van der Waals surface area contributed by atoms with Gasteiger partial charge in [0.1, 0.15) is 5.82 Å². The molecule has 154 valence electrons. The Balaban J connectivity index is 1.64. The van der Waals surface area contributed by atoms with Gasteiger partial charge in [0.2, 0.25) is 10.0 Å². The lowest BCUT2D eigenvalue weighted by molar-refractivity contribution is 0.102. The Kier molecular flexibility index (Phi) is 7.05. The number of hydrogen-bond acceptors (Lipinski definition) is 3. The lowest BCUT2D eigenvalue weighted by atomic mass is 9.97. The standard InChI is InChI=1S/C21H22ClFN2O3S/c22-17-8-4-7-16(13-17)21(26)25-20-10-9-18(14-19(20)23)29(27,28)24-12-11-15-5-2-1-3-6-15/h4-5,7-10,13-14,24H,1-3,6,11-12H2,(H,25,26). The van der Waals surface area contributed by atoms with Gasteiger partial charge in [-0.1, -0.05) is 29.3 Å². The molecule has 1 aliphatic rings. The van der Waals surface area contributed by atoms with Gasteiger partial charge >= 0.3 is 0 Å². The van der Waals surface area contributed by atoms with Crippen LogP contribution in [-0.4, -0.2) is 20.9 Å². The fraction of sp³-hybridized carbons (Fsp3) is 0.286. The fourth-order valence-corrected chi connectivity index (χ4v) is 4.38. The third kappa shape index (κ3) is 5.88. The summed E-state index contributed by atoms with van der Waals surface area (Å²) in [5.41, 5.74) is 1.41. The second kappa shape index (κ2) is 9.52. The van der Waals surface area contributed by atoms with Crippen molar-refractivity contribution in [2.75, 3.05) is 11.9 Å². The van der Waals surface area contributed by atoms with Crippen molar-refractivity contribution in [1.82, 2.24) is 4.72 Å². The molecule has 0 saturated heterocycles. The van der Waals surface area contributed by atoms with E-state index in [2.05, 4.69) is 16.1 Å². The summed E-state index contributed by atoms with van der Waals surface area (Å²) in [5.74, 6) is -1.38. The van der Waals surface area contributed by atoms with Crippen LogP contribution in [0.2, 0.25) is 5.02 Å². The summed E-state index contributed by atoms with van der Waals surface area (Å²) in [5, 5.41) is 2.81. The van der Waals surface area contributed by atoms with Gasteiger partial charge in [-0.2, -0.15) is 0 Å². The highest BCUT2D eigenvalue weighted by Gasteiger charge is 2.17. The van der Waals surface area contributed by atoms with Gasteiger partial charge in [-0.25, -0.2) is 17.5 Å². The number of hydrogen-bond donors (Lipinski definition) is 2. The van der Waals surface area contributed by atoms with Crippen molar-refractivity contribution in [1.29, 1.82) is 0 Å². The molecule has 29 heavy (non-hydrogen) atoms. The first-order valence-corrected chi connectivity index (χ1v) is 11.3. The van der Waals surface area contributed by atoms with E-state index in [1.54, 1.807) is 18.2 Å². The van der Waals surface area contributed by atoms with Crippen molar-refractivity contribution >= 4 is 33.2 Å². The highest BCUT2D eigenvalue weighted by Crippen LogP contribution is 2.22. The number of anilines is 1. The summed E-state index contributed by atoms with van der Waals surface area (Å²) >= 11 is 5.85. The van der Waals surface area contributed by atoms with Crippen molar-refractivity contribution in [3.05, 3.63) is 70.5 Å². The number of halogens is 2. The lowest BCUT2D eigenvalue weighted by Gasteiger charge is -2.13. The second-order valence-electron chi connectivity index (χ2n) is 6.86. The number of rotatable bonds is 7. The molecule has 0 saturated carbocycles. The van der Waals surface area contributed by atoms with Crippen molar-refractivity contribution in [2.45, 2.75) is 37.0 Å². The Morgan fingerprint density at radius 3 is 2.66 bits per heavy atom. The largest absolute Gasteiger partial charge is 0.319 e. The fourth-order valence-electron chi connectivity index (χ4n) is 3.15. The van der Waals surface area contributed by atoms with Gasteiger partial charge in [0.05, 0.1) is 10.6 Å². The van der Waals surface area contributed by atoms with E-state index in [-0.39, 0.29) is 22.7 Å². The molecule has 8 heteroatoms. The summed E-state index contributed by atoms with van der Waals surface area (Å²) in [6, 6.07) is 9.63. The Morgan fingerprint density at radius 1 is 1.14 bits per heavy atom. The number of carbonyl (C=O) groups excluding carboxylic acids is 1. The van der Waals surface area contributed by atoms with E-state index in [4.69, 9.17) is 11.6 Å². The highest BCUT2D eigenvalue weighted by molar-refractivity contribution is 7.89. The summed E-state index contributed by atoms with van der Waals surface area (Å²) in [4.78, 5) is 12.0. The molecule has 0 bridgehead atoms. The number of allylic oxidation sites excluding steroid dienone is 1. The van der Waals surface area contributed by atoms with Gasteiger partial charge in [0.25, 0.3) is 5.91 Å². The second-order valence-corrected chi connectivity index (χ2v) is 9.07. The van der Waals surface area contributed by atoms with Crippen LogP contribution in [0.5, 0.6) is 0 Å². The molecular weight excluding hydrogens is 415 g/mol. The minimum absolute atomic E-state index is 0.110. The first-order valence-electron chi connectivity index (χ1n) is 9.39. The number of sulfonamides is 1. The maximum Gasteiger partial charge on any atom is 0.255 e. The van der Waals surface area contributed by atoms with Crippen LogP contribution < -0.4 is 10.0 Å². The van der Waals surface area contributed by atoms with Crippen LogP contribution >= 0.6 is 11.6 Å². The van der Waals surface area contributed by atoms with E-state index < -0.39 is 21.7 Å². The normalized spacial score (nSPS) is 14.3. The third-order valence-corrected chi connectivity index (χ3v) is 6.40. The van der Waals surface area contributed by atoms with Gasteiger partial charge in [-0.05, 0) is 68.5 Å². The average molecular weight is 437 g/mol. The van der Waals surface area contributed by atoms with E-state index in [0.717, 1.165) is 25.3 Å². The van der Waals surface area contributed by atoms with Gasteiger partial charge < -0.3 is 5.32 Å².